The highest BCUT2D eigenvalue weighted by atomic mass is 16.7. The normalized spacial score (nSPS) is 34.7. The van der Waals surface area contributed by atoms with Gasteiger partial charge in [0.1, 0.15) is 6.10 Å². The van der Waals surface area contributed by atoms with E-state index in [4.69, 9.17) is 35.5 Å². The first-order chi connectivity index (χ1) is 6.11. The second-order valence-electron chi connectivity index (χ2n) is 2.88. The number of hydrogen-bond donors (Lipinski definition) is 7. The molecule has 9 heteroatoms. The first kappa shape index (κ1) is 13.7. The molecule has 14 heavy (non-hydrogen) atoms. The number of rotatable bonds is 0. The highest BCUT2D eigenvalue weighted by molar-refractivity contribution is 6.30. The summed E-state index contributed by atoms with van der Waals surface area (Å²) in [5, 5.41) is 57.2. The van der Waals surface area contributed by atoms with Crippen LogP contribution in [0.5, 0.6) is 0 Å². The molecule has 0 saturated carbocycles. The van der Waals surface area contributed by atoms with Crippen LogP contribution in [0.3, 0.4) is 0 Å². The second kappa shape index (κ2) is 4.51. The Labute approximate surface area is 79.8 Å². The quantitative estimate of drug-likeness (QED) is 0.157. The molecule has 0 radical (unpaired) electrons. The van der Waals surface area contributed by atoms with Gasteiger partial charge < -0.3 is 40.2 Å². The van der Waals surface area contributed by atoms with Crippen LogP contribution in [0.15, 0.2) is 0 Å². The SMILES string of the molecule is C[C@@]1(O)OC[C@H](O)C1(O)O.OB(O)O. The first-order valence-electron chi connectivity index (χ1n) is 3.64. The topological polar surface area (TPSA) is 151 Å². The third-order valence-corrected chi connectivity index (χ3v) is 1.67. The van der Waals surface area contributed by atoms with Gasteiger partial charge in [-0.15, -0.1) is 0 Å². The molecule has 1 saturated heterocycles. The van der Waals surface area contributed by atoms with E-state index in [-0.39, 0.29) is 6.61 Å². The fraction of sp³-hybridized carbons (Fsp3) is 1.00. The van der Waals surface area contributed by atoms with E-state index >= 15 is 0 Å². The average Bonchev–Trinajstić information content (AvgIpc) is 2.13. The van der Waals surface area contributed by atoms with E-state index in [1.807, 2.05) is 0 Å². The van der Waals surface area contributed by atoms with Gasteiger partial charge in [-0.05, 0) is 6.92 Å². The van der Waals surface area contributed by atoms with Gasteiger partial charge in [-0.2, -0.15) is 0 Å². The van der Waals surface area contributed by atoms with Crippen molar-refractivity contribution in [2.75, 3.05) is 6.61 Å². The molecule has 0 aromatic carbocycles. The molecule has 0 unspecified atom stereocenters. The fourth-order valence-electron chi connectivity index (χ4n) is 0.773. The number of aliphatic hydroxyl groups is 4. The number of hydrogen-bond acceptors (Lipinski definition) is 8. The van der Waals surface area contributed by atoms with Crippen LogP contribution in [-0.4, -0.2) is 67.1 Å². The zero-order valence-corrected chi connectivity index (χ0v) is 7.40. The molecule has 1 aliphatic heterocycles. The summed E-state index contributed by atoms with van der Waals surface area (Å²) < 4.78 is 4.47. The Balaban J connectivity index is 0.000000364. The molecule has 7 N–H and O–H groups in total. The molecule has 1 fully saturated rings. The van der Waals surface area contributed by atoms with E-state index in [0.29, 0.717) is 0 Å². The van der Waals surface area contributed by atoms with Crippen molar-refractivity contribution in [1.29, 1.82) is 0 Å². The summed E-state index contributed by atoms with van der Waals surface area (Å²) in [5.41, 5.74) is 0. The summed E-state index contributed by atoms with van der Waals surface area (Å²) >= 11 is 0. The lowest BCUT2D eigenvalue weighted by Gasteiger charge is -2.28. The maximum absolute atomic E-state index is 9.01. The minimum atomic E-state index is -2.56. The summed E-state index contributed by atoms with van der Waals surface area (Å²) in [6.45, 7) is 0.795. The van der Waals surface area contributed by atoms with E-state index in [1.165, 1.54) is 0 Å². The van der Waals surface area contributed by atoms with Gasteiger partial charge in [0.15, 0.2) is 0 Å². The van der Waals surface area contributed by atoms with E-state index < -0.39 is 25.0 Å². The summed E-state index contributed by atoms with van der Waals surface area (Å²) in [5.74, 6) is -4.64. The smallest absolute Gasteiger partial charge is 0.402 e. The summed E-state index contributed by atoms with van der Waals surface area (Å²) in [4.78, 5) is 0. The summed E-state index contributed by atoms with van der Waals surface area (Å²) in [6.07, 6.45) is -1.46. The Hall–Kier alpha value is -0.255. The molecule has 84 valence electrons. The minimum absolute atomic E-state index is 0.278. The lowest BCUT2D eigenvalue weighted by atomic mass is 10.1. The van der Waals surface area contributed by atoms with Crippen molar-refractivity contribution in [2.45, 2.75) is 24.6 Å². The van der Waals surface area contributed by atoms with E-state index in [9.17, 15) is 0 Å². The Bertz CT molecular complexity index is 178. The average molecular weight is 212 g/mol. The predicted octanol–water partition coefficient (Wildman–Crippen LogP) is -4.28. The van der Waals surface area contributed by atoms with Gasteiger partial charge in [-0.1, -0.05) is 0 Å². The lowest BCUT2D eigenvalue weighted by molar-refractivity contribution is -0.335. The fourth-order valence-corrected chi connectivity index (χ4v) is 0.773. The minimum Gasteiger partial charge on any atom is -0.402 e. The molecular weight excluding hydrogens is 199 g/mol. The van der Waals surface area contributed by atoms with Crippen molar-refractivity contribution in [3.8, 4) is 0 Å². The van der Waals surface area contributed by atoms with Crippen LogP contribution < -0.4 is 0 Å². The van der Waals surface area contributed by atoms with Gasteiger partial charge in [0.2, 0.25) is 11.6 Å². The van der Waals surface area contributed by atoms with Crippen molar-refractivity contribution in [3.05, 3.63) is 0 Å². The molecule has 0 amide bonds. The van der Waals surface area contributed by atoms with Gasteiger partial charge in [-0.3, -0.25) is 0 Å². The van der Waals surface area contributed by atoms with Crippen molar-refractivity contribution in [2.24, 2.45) is 0 Å². The van der Waals surface area contributed by atoms with Crippen molar-refractivity contribution in [1.82, 2.24) is 0 Å². The molecule has 0 bridgehead atoms. The molecule has 0 aliphatic carbocycles. The van der Waals surface area contributed by atoms with Crippen LogP contribution in [0.4, 0.5) is 0 Å². The third-order valence-electron chi connectivity index (χ3n) is 1.67. The summed E-state index contributed by atoms with van der Waals surface area (Å²) in [7, 11) is -2.17. The third kappa shape index (κ3) is 3.15. The Morgan fingerprint density at radius 3 is 1.64 bits per heavy atom. The largest absolute Gasteiger partial charge is 0.631 e. The predicted molar refractivity (Wildman–Crippen MR) is 42.2 cm³/mol. The van der Waals surface area contributed by atoms with E-state index in [1.54, 1.807) is 0 Å². The maximum atomic E-state index is 9.01. The standard InChI is InChI=1S/C5H10O5.BH3O3/c1-4(7)5(8,9)3(6)2-10-4;2-1(3)4/h3,6-9H,2H2,1H3;2-4H/t3-,4+;/m0./s1. The molecule has 1 heterocycles. The first-order valence-corrected chi connectivity index (χ1v) is 3.64. The van der Waals surface area contributed by atoms with Crippen molar-refractivity contribution >= 4 is 7.32 Å². The highest BCUT2D eigenvalue weighted by Gasteiger charge is 2.57. The van der Waals surface area contributed by atoms with Crippen LogP contribution in [-0.2, 0) is 4.74 Å². The van der Waals surface area contributed by atoms with E-state index in [0.717, 1.165) is 6.92 Å². The molecule has 1 rings (SSSR count). The van der Waals surface area contributed by atoms with Gasteiger partial charge >= 0.3 is 7.32 Å². The zero-order valence-electron chi connectivity index (χ0n) is 7.40. The van der Waals surface area contributed by atoms with Gasteiger partial charge in [0.05, 0.1) is 6.61 Å². The number of ether oxygens (including phenoxy) is 1. The van der Waals surface area contributed by atoms with Crippen LogP contribution in [0, 0.1) is 0 Å². The lowest BCUT2D eigenvalue weighted by Crippen LogP contribution is -2.54. The van der Waals surface area contributed by atoms with Crippen LogP contribution in [0.2, 0.25) is 0 Å². The van der Waals surface area contributed by atoms with E-state index in [2.05, 4.69) is 4.74 Å². The van der Waals surface area contributed by atoms with Crippen LogP contribution in [0.25, 0.3) is 0 Å². The Morgan fingerprint density at radius 1 is 1.21 bits per heavy atom. The maximum Gasteiger partial charge on any atom is 0.631 e. The molecule has 8 nitrogen and oxygen atoms in total. The van der Waals surface area contributed by atoms with Gasteiger partial charge in [0, 0.05) is 0 Å². The zero-order chi connectivity index (χ0) is 11.6. The molecular formula is C5H13BO8. The molecule has 0 aromatic heterocycles. The van der Waals surface area contributed by atoms with Crippen molar-refractivity contribution < 1.29 is 40.2 Å². The van der Waals surface area contributed by atoms with Crippen molar-refractivity contribution in [3.63, 3.8) is 0 Å². The van der Waals surface area contributed by atoms with Gasteiger partial charge in [0.25, 0.3) is 0 Å². The van der Waals surface area contributed by atoms with Crippen LogP contribution in [0.1, 0.15) is 6.92 Å². The molecule has 1 aliphatic rings. The number of aliphatic hydroxyl groups excluding tert-OH is 1. The molecule has 0 spiro atoms. The van der Waals surface area contributed by atoms with Crippen LogP contribution >= 0.6 is 0 Å². The monoisotopic (exact) mass is 212 g/mol. The highest BCUT2D eigenvalue weighted by Crippen LogP contribution is 2.31. The molecule has 2 atom stereocenters. The molecule has 0 aromatic rings. The van der Waals surface area contributed by atoms with Gasteiger partial charge in [-0.25, -0.2) is 0 Å². The Morgan fingerprint density at radius 2 is 1.57 bits per heavy atom. The second-order valence-corrected chi connectivity index (χ2v) is 2.88. The Kier molecular flexibility index (Phi) is 4.43. The summed E-state index contributed by atoms with van der Waals surface area (Å²) in [6, 6.07) is 0.